The molecule has 0 saturated heterocycles. The molecule has 1 aliphatic rings. The fourth-order valence-electron chi connectivity index (χ4n) is 4.63. The molecule has 4 amide bonds. The Bertz CT molecular complexity index is 1210. The quantitative estimate of drug-likeness (QED) is 0.369. The maximum atomic E-state index is 13.6. The van der Waals surface area contributed by atoms with Crippen molar-refractivity contribution in [3.05, 3.63) is 84.2 Å². The summed E-state index contributed by atoms with van der Waals surface area (Å²) < 4.78 is 0. The summed E-state index contributed by atoms with van der Waals surface area (Å²) in [4.78, 5) is 55.7. The van der Waals surface area contributed by atoms with Gasteiger partial charge in [-0.05, 0) is 43.4 Å². The molecular weight excluding hydrogens is 518 g/mol. The van der Waals surface area contributed by atoms with E-state index >= 15 is 0 Å². The first-order chi connectivity index (χ1) is 19.5. The summed E-state index contributed by atoms with van der Waals surface area (Å²) in [6.07, 6.45) is 5.25. The van der Waals surface area contributed by atoms with Crippen LogP contribution in [0.25, 0.3) is 0 Å². The van der Waals surface area contributed by atoms with Crippen molar-refractivity contribution in [1.29, 1.82) is 0 Å². The van der Waals surface area contributed by atoms with Crippen LogP contribution < -0.4 is 16.0 Å². The summed E-state index contributed by atoms with van der Waals surface area (Å²) in [5, 5.41) is 8.33. The van der Waals surface area contributed by atoms with Crippen molar-refractivity contribution in [2.45, 2.75) is 65.1 Å². The second kappa shape index (κ2) is 14.6. The number of benzene rings is 2. The molecular formula is C32H43N5O4. The molecule has 2 aromatic carbocycles. The lowest BCUT2D eigenvalue weighted by molar-refractivity contribution is -0.143. The fraction of sp³-hybridized carbons (Fsp3) is 0.438. The van der Waals surface area contributed by atoms with Crippen molar-refractivity contribution in [3.8, 4) is 0 Å². The molecule has 0 aromatic heterocycles. The van der Waals surface area contributed by atoms with Crippen LogP contribution in [0.1, 0.15) is 45.2 Å². The zero-order valence-electron chi connectivity index (χ0n) is 24.7. The standard InChI is InChI=1S/C32H43N5O4/c1-23(33-5)29(39)35-28(32(2,3)4)30(40)34-22-27(38)37-20-19-36(18-12-17-24-13-8-6-9-14-24)31(41)26(37)21-25-15-10-7-11-16-25/h6-11,13-16,19-20,23,26,28,33H,12,17-18,21-22H2,1-5H3,(H,34,40)(H,35,39)/t23-,26-,28+/m0/s1. The van der Waals surface area contributed by atoms with Crippen molar-refractivity contribution in [3.63, 3.8) is 0 Å². The van der Waals surface area contributed by atoms with Crippen LogP contribution in [0.2, 0.25) is 0 Å². The Morgan fingerprint density at radius 2 is 1.51 bits per heavy atom. The molecule has 220 valence electrons. The van der Waals surface area contributed by atoms with Crippen molar-refractivity contribution in [1.82, 2.24) is 25.8 Å². The Morgan fingerprint density at radius 1 is 0.902 bits per heavy atom. The van der Waals surface area contributed by atoms with Crippen LogP contribution in [0.3, 0.4) is 0 Å². The Morgan fingerprint density at radius 3 is 2.10 bits per heavy atom. The van der Waals surface area contributed by atoms with Gasteiger partial charge < -0.3 is 25.8 Å². The largest absolute Gasteiger partial charge is 0.345 e. The van der Waals surface area contributed by atoms with E-state index in [2.05, 4.69) is 28.1 Å². The van der Waals surface area contributed by atoms with Crippen LogP contribution in [-0.4, -0.2) is 71.7 Å². The third-order valence-corrected chi connectivity index (χ3v) is 7.23. The van der Waals surface area contributed by atoms with Gasteiger partial charge >= 0.3 is 0 Å². The van der Waals surface area contributed by atoms with Gasteiger partial charge in [-0.15, -0.1) is 0 Å². The second-order valence-corrected chi connectivity index (χ2v) is 11.5. The minimum absolute atomic E-state index is 0.162. The van der Waals surface area contributed by atoms with Crippen molar-refractivity contribution in [2.24, 2.45) is 5.41 Å². The van der Waals surface area contributed by atoms with Gasteiger partial charge in [0.2, 0.25) is 23.6 Å². The number of aryl methyl sites for hydroxylation is 1. The molecule has 1 aliphatic heterocycles. The number of hydrogen-bond acceptors (Lipinski definition) is 5. The van der Waals surface area contributed by atoms with Gasteiger partial charge in [0.1, 0.15) is 12.1 Å². The molecule has 0 unspecified atom stereocenters. The van der Waals surface area contributed by atoms with Gasteiger partial charge in [0.05, 0.1) is 12.6 Å². The summed E-state index contributed by atoms with van der Waals surface area (Å²) in [5.74, 6) is -1.34. The molecule has 0 fully saturated rings. The van der Waals surface area contributed by atoms with Crippen molar-refractivity contribution < 1.29 is 19.2 Å². The molecule has 2 aromatic rings. The van der Waals surface area contributed by atoms with Gasteiger partial charge in [0.25, 0.3) is 0 Å². The maximum absolute atomic E-state index is 13.6. The van der Waals surface area contributed by atoms with E-state index in [1.165, 1.54) is 10.5 Å². The first kappa shape index (κ1) is 31.5. The van der Waals surface area contributed by atoms with Crippen LogP contribution in [0.15, 0.2) is 73.1 Å². The number of amides is 4. The number of hydrogen-bond donors (Lipinski definition) is 3. The fourth-order valence-corrected chi connectivity index (χ4v) is 4.63. The number of carbonyl (C=O) groups is 4. The molecule has 3 rings (SSSR count). The van der Waals surface area contributed by atoms with E-state index in [1.807, 2.05) is 69.3 Å². The summed E-state index contributed by atoms with van der Waals surface area (Å²) in [7, 11) is 1.67. The molecule has 9 nitrogen and oxygen atoms in total. The smallest absolute Gasteiger partial charge is 0.250 e. The van der Waals surface area contributed by atoms with Crippen LogP contribution >= 0.6 is 0 Å². The molecule has 9 heteroatoms. The number of nitrogens with zero attached hydrogens (tertiary/aromatic N) is 2. The Balaban J connectivity index is 1.70. The van der Waals surface area contributed by atoms with E-state index in [9.17, 15) is 19.2 Å². The lowest BCUT2D eigenvalue weighted by Crippen LogP contribution is -2.58. The van der Waals surface area contributed by atoms with Gasteiger partial charge in [0.15, 0.2) is 0 Å². The van der Waals surface area contributed by atoms with E-state index in [0.717, 1.165) is 18.4 Å². The highest BCUT2D eigenvalue weighted by Crippen LogP contribution is 2.21. The summed E-state index contributed by atoms with van der Waals surface area (Å²) >= 11 is 0. The van der Waals surface area contributed by atoms with E-state index < -0.39 is 35.4 Å². The van der Waals surface area contributed by atoms with E-state index in [4.69, 9.17) is 0 Å². The minimum atomic E-state index is -0.850. The number of nitrogens with one attached hydrogen (secondary N) is 3. The van der Waals surface area contributed by atoms with Crippen LogP contribution in [-0.2, 0) is 32.0 Å². The maximum Gasteiger partial charge on any atom is 0.250 e. The van der Waals surface area contributed by atoms with Crippen LogP contribution in [0, 0.1) is 5.41 Å². The predicted octanol–water partition coefficient (Wildman–Crippen LogP) is 2.63. The SMILES string of the molecule is CN[C@@H](C)C(=O)N[C@H](C(=O)NCC(=O)N1C=CN(CCCc2ccccc2)C(=O)[C@@H]1Cc1ccccc1)C(C)(C)C. The highest BCUT2D eigenvalue weighted by Gasteiger charge is 2.37. The number of carbonyl (C=O) groups excluding carboxylic acids is 4. The van der Waals surface area contributed by atoms with E-state index in [-0.39, 0.29) is 18.4 Å². The highest BCUT2D eigenvalue weighted by atomic mass is 16.2. The molecule has 1 heterocycles. The molecule has 3 atom stereocenters. The first-order valence-electron chi connectivity index (χ1n) is 14.1. The van der Waals surface area contributed by atoms with E-state index in [1.54, 1.807) is 31.3 Å². The summed E-state index contributed by atoms with van der Waals surface area (Å²) in [6, 6.07) is 17.6. The Labute approximate surface area is 243 Å². The lowest BCUT2D eigenvalue weighted by Gasteiger charge is -2.36. The monoisotopic (exact) mass is 561 g/mol. The average molecular weight is 562 g/mol. The Kier molecular flexibility index (Phi) is 11.2. The summed E-state index contributed by atoms with van der Waals surface area (Å²) in [5.41, 5.74) is 1.55. The van der Waals surface area contributed by atoms with Gasteiger partial charge in [-0.3, -0.25) is 19.2 Å². The molecule has 0 spiro atoms. The van der Waals surface area contributed by atoms with Gasteiger partial charge in [-0.2, -0.15) is 0 Å². The molecule has 0 saturated carbocycles. The minimum Gasteiger partial charge on any atom is -0.345 e. The van der Waals surface area contributed by atoms with Crippen LogP contribution in [0.4, 0.5) is 0 Å². The second-order valence-electron chi connectivity index (χ2n) is 11.5. The Hall–Kier alpha value is -3.98. The van der Waals surface area contributed by atoms with Crippen molar-refractivity contribution in [2.75, 3.05) is 20.1 Å². The zero-order valence-corrected chi connectivity index (χ0v) is 24.7. The van der Waals surface area contributed by atoms with Crippen LogP contribution in [0.5, 0.6) is 0 Å². The van der Waals surface area contributed by atoms with Gasteiger partial charge in [-0.25, -0.2) is 0 Å². The van der Waals surface area contributed by atoms with Crippen molar-refractivity contribution >= 4 is 23.6 Å². The lowest BCUT2D eigenvalue weighted by atomic mass is 9.86. The van der Waals surface area contributed by atoms with Gasteiger partial charge in [0, 0.05) is 25.4 Å². The zero-order chi connectivity index (χ0) is 30.0. The molecule has 0 radical (unpaired) electrons. The molecule has 0 aliphatic carbocycles. The molecule has 0 bridgehead atoms. The topological polar surface area (TPSA) is 111 Å². The highest BCUT2D eigenvalue weighted by molar-refractivity contribution is 5.94. The predicted molar refractivity (Wildman–Crippen MR) is 159 cm³/mol. The normalized spacial score (nSPS) is 16.7. The average Bonchev–Trinajstić information content (AvgIpc) is 2.96. The first-order valence-corrected chi connectivity index (χ1v) is 14.1. The third-order valence-electron chi connectivity index (χ3n) is 7.23. The van der Waals surface area contributed by atoms with E-state index in [0.29, 0.717) is 13.0 Å². The van der Waals surface area contributed by atoms with Gasteiger partial charge in [-0.1, -0.05) is 81.4 Å². The molecule has 41 heavy (non-hydrogen) atoms. The number of likely N-dealkylation sites (N-methyl/N-ethyl adjacent to an activating group) is 1. The third kappa shape index (κ3) is 9.01. The molecule has 3 N–H and O–H groups in total. The summed E-state index contributed by atoms with van der Waals surface area (Å²) in [6.45, 7) is 7.47. The number of rotatable bonds is 12.